The molecule has 1 fully saturated rings. The molecule has 244 valence electrons. The van der Waals surface area contributed by atoms with Crippen LogP contribution in [0.5, 0.6) is 0 Å². The van der Waals surface area contributed by atoms with E-state index in [-0.39, 0.29) is 36.7 Å². The Balaban J connectivity index is 0.000000535. The monoisotopic (exact) mass is 618 g/mol. The Morgan fingerprint density at radius 1 is 0.889 bits per heavy atom. The number of carbonyl (C=O) groups is 4. The van der Waals surface area contributed by atoms with E-state index in [1.165, 1.54) is 43.4 Å². The summed E-state index contributed by atoms with van der Waals surface area (Å²) in [6.07, 6.45) is 11.1. The number of nitrogens with one attached hydrogen (secondary N) is 1. The molecule has 8 heteroatoms. The molecule has 3 amide bonds. The number of hydrogen-bond donors (Lipinski definition) is 1. The Bertz CT molecular complexity index is 1270. The van der Waals surface area contributed by atoms with E-state index in [1.54, 1.807) is 0 Å². The molecule has 1 atom stereocenters. The van der Waals surface area contributed by atoms with Crippen LogP contribution in [0.1, 0.15) is 109 Å². The van der Waals surface area contributed by atoms with Gasteiger partial charge in [0.15, 0.2) is 0 Å². The molecule has 0 radical (unpaired) electrons. The van der Waals surface area contributed by atoms with Gasteiger partial charge in [0.2, 0.25) is 5.91 Å². The van der Waals surface area contributed by atoms with Gasteiger partial charge < -0.3 is 14.8 Å². The molecule has 2 aliphatic rings. The van der Waals surface area contributed by atoms with Crippen LogP contribution in [0.2, 0.25) is 0 Å². The van der Waals surface area contributed by atoms with Crippen molar-refractivity contribution in [3.05, 3.63) is 72.3 Å². The second-order valence-corrected chi connectivity index (χ2v) is 12.7. The first-order valence-electron chi connectivity index (χ1n) is 16.4. The minimum absolute atomic E-state index is 0.000454. The van der Waals surface area contributed by atoms with Crippen molar-refractivity contribution in [3.63, 3.8) is 0 Å². The highest BCUT2D eigenvalue weighted by atomic mass is 16.6. The third-order valence-corrected chi connectivity index (χ3v) is 7.94. The van der Waals surface area contributed by atoms with Crippen LogP contribution in [0, 0.1) is 0 Å². The average molecular weight is 619 g/mol. The van der Waals surface area contributed by atoms with Crippen molar-refractivity contribution in [1.29, 1.82) is 0 Å². The van der Waals surface area contributed by atoms with Crippen molar-refractivity contribution >= 4 is 23.9 Å². The number of ether oxygens (including phenoxy) is 2. The normalized spacial score (nSPS) is 15.6. The van der Waals surface area contributed by atoms with E-state index in [2.05, 4.69) is 43.1 Å². The van der Waals surface area contributed by atoms with Crippen molar-refractivity contribution < 1.29 is 28.7 Å². The lowest BCUT2D eigenvalue weighted by molar-refractivity contribution is -0.148. The highest BCUT2D eigenvalue weighted by Gasteiger charge is 2.39. The summed E-state index contributed by atoms with van der Waals surface area (Å²) in [5.74, 6) is -0.966. The standard InChI is InChI=1S/C30H38N2O4.C7H12O2/c1-2-3-4-5-6-7-8-9-14-19-32-28(33)20-27(29(32)34)31-30(35)36-21-26-24-17-12-10-15-22(24)23-16-11-13-18-25(23)26;1-5-6(8)9-7(2,3)4/h10-13,15-18,26-27H,2-9,14,19-21H2,1H3,(H,31,35);5H,1H2,2-4H3/t27-;/m0./s1. The summed E-state index contributed by atoms with van der Waals surface area (Å²) in [4.78, 5) is 49.5. The summed E-state index contributed by atoms with van der Waals surface area (Å²) in [5.41, 5.74) is 4.18. The van der Waals surface area contributed by atoms with E-state index >= 15 is 0 Å². The first-order chi connectivity index (χ1) is 21.6. The number of nitrogens with zero attached hydrogens (tertiary/aromatic N) is 1. The fourth-order valence-electron chi connectivity index (χ4n) is 5.74. The predicted octanol–water partition coefficient (Wildman–Crippen LogP) is 7.70. The molecule has 4 rings (SSSR count). The molecule has 2 aromatic rings. The van der Waals surface area contributed by atoms with Gasteiger partial charge in [0.1, 0.15) is 18.2 Å². The van der Waals surface area contributed by atoms with Crippen LogP contribution < -0.4 is 5.32 Å². The minimum Gasteiger partial charge on any atom is -0.457 e. The van der Waals surface area contributed by atoms with Gasteiger partial charge in [-0.2, -0.15) is 0 Å². The van der Waals surface area contributed by atoms with Crippen LogP contribution in [0.25, 0.3) is 11.1 Å². The predicted molar refractivity (Wildman–Crippen MR) is 177 cm³/mol. The molecule has 0 spiro atoms. The zero-order valence-electron chi connectivity index (χ0n) is 27.4. The summed E-state index contributed by atoms with van der Waals surface area (Å²) in [5, 5.41) is 2.62. The molecule has 45 heavy (non-hydrogen) atoms. The maximum Gasteiger partial charge on any atom is 0.407 e. The fraction of sp³-hybridized carbons (Fsp3) is 0.514. The quantitative estimate of drug-likeness (QED) is 0.101. The number of hydrogen-bond acceptors (Lipinski definition) is 6. The van der Waals surface area contributed by atoms with Crippen LogP contribution in [0.15, 0.2) is 61.2 Å². The Morgan fingerprint density at radius 3 is 1.93 bits per heavy atom. The van der Waals surface area contributed by atoms with E-state index in [0.717, 1.165) is 47.6 Å². The topological polar surface area (TPSA) is 102 Å². The lowest BCUT2D eigenvalue weighted by Crippen LogP contribution is -2.42. The SMILES string of the molecule is C=CC(=O)OC(C)(C)C.CCCCCCCCCCCN1C(=O)C[C@H](NC(=O)OCC2c3ccccc3-c3ccccc32)C1=O. The third kappa shape index (κ3) is 10.9. The Labute approximate surface area is 268 Å². The molecule has 1 aliphatic heterocycles. The number of unbranched alkanes of at least 4 members (excludes halogenated alkanes) is 8. The van der Waals surface area contributed by atoms with Crippen LogP contribution in [-0.2, 0) is 23.9 Å². The zero-order chi connectivity index (χ0) is 32.8. The summed E-state index contributed by atoms with van der Waals surface area (Å²) in [7, 11) is 0. The summed E-state index contributed by atoms with van der Waals surface area (Å²) in [6, 6.07) is 15.4. The van der Waals surface area contributed by atoms with Gasteiger partial charge >= 0.3 is 12.1 Å². The van der Waals surface area contributed by atoms with Gasteiger partial charge in [-0.25, -0.2) is 9.59 Å². The van der Waals surface area contributed by atoms with E-state index < -0.39 is 17.7 Å². The zero-order valence-corrected chi connectivity index (χ0v) is 27.4. The van der Waals surface area contributed by atoms with Crippen molar-refractivity contribution in [3.8, 4) is 11.1 Å². The number of likely N-dealkylation sites (tertiary alicyclic amines) is 1. The van der Waals surface area contributed by atoms with Gasteiger partial charge in [-0.05, 0) is 49.4 Å². The molecule has 0 unspecified atom stereocenters. The van der Waals surface area contributed by atoms with E-state index in [1.807, 2.05) is 45.0 Å². The number of imide groups is 1. The summed E-state index contributed by atoms with van der Waals surface area (Å²) >= 11 is 0. The second kappa shape index (κ2) is 17.5. The van der Waals surface area contributed by atoms with Gasteiger partial charge in [0.05, 0.1) is 6.42 Å². The van der Waals surface area contributed by atoms with Gasteiger partial charge in [-0.1, -0.05) is 113 Å². The smallest absolute Gasteiger partial charge is 0.407 e. The van der Waals surface area contributed by atoms with Gasteiger partial charge in [-0.15, -0.1) is 0 Å². The van der Waals surface area contributed by atoms with Crippen molar-refractivity contribution in [1.82, 2.24) is 10.2 Å². The molecule has 1 N–H and O–H groups in total. The minimum atomic E-state index is -0.841. The highest BCUT2D eigenvalue weighted by molar-refractivity contribution is 6.06. The first kappa shape index (κ1) is 35.5. The van der Waals surface area contributed by atoms with Crippen LogP contribution >= 0.6 is 0 Å². The molecule has 0 saturated carbocycles. The number of esters is 1. The lowest BCUT2D eigenvalue weighted by atomic mass is 9.98. The maximum atomic E-state index is 12.7. The number of fused-ring (bicyclic) bond motifs is 3. The molecule has 1 aliphatic carbocycles. The Kier molecular flexibility index (Phi) is 13.8. The van der Waals surface area contributed by atoms with Crippen molar-refractivity contribution in [2.75, 3.05) is 13.2 Å². The number of amides is 3. The lowest BCUT2D eigenvalue weighted by Gasteiger charge is -2.17. The van der Waals surface area contributed by atoms with Crippen LogP contribution in [0.4, 0.5) is 4.79 Å². The molecule has 1 saturated heterocycles. The van der Waals surface area contributed by atoms with E-state index in [9.17, 15) is 19.2 Å². The van der Waals surface area contributed by atoms with Crippen LogP contribution in [0.3, 0.4) is 0 Å². The van der Waals surface area contributed by atoms with Crippen molar-refractivity contribution in [2.45, 2.75) is 109 Å². The van der Waals surface area contributed by atoms with Gasteiger partial charge in [0, 0.05) is 18.5 Å². The molecular formula is C37H50N2O6. The summed E-state index contributed by atoms with van der Waals surface area (Å²) < 4.78 is 10.4. The molecule has 2 aromatic carbocycles. The maximum absolute atomic E-state index is 12.7. The number of rotatable bonds is 14. The van der Waals surface area contributed by atoms with Gasteiger partial charge in [-0.3, -0.25) is 14.5 Å². The Hall–Kier alpha value is -3.94. The third-order valence-electron chi connectivity index (χ3n) is 7.94. The van der Waals surface area contributed by atoms with E-state index in [0.29, 0.717) is 6.54 Å². The Morgan fingerprint density at radius 2 is 1.42 bits per heavy atom. The average Bonchev–Trinajstić information content (AvgIpc) is 3.47. The number of carbonyl (C=O) groups excluding carboxylic acids is 4. The molecule has 1 heterocycles. The van der Waals surface area contributed by atoms with Gasteiger partial charge in [0.25, 0.3) is 5.91 Å². The van der Waals surface area contributed by atoms with E-state index in [4.69, 9.17) is 9.47 Å². The molecule has 0 aromatic heterocycles. The fourth-order valence-corrected chi connectivity index (χ4v) is 5.74. The molecule has 0 bridgehead atoms. The molecule has 8 nitrogen and oxygen atoms in total. The highest BCUT2D eigenvalue weighted by Crippen LogP contribution is 2.44. The second-order valence-electron chi connectivity index (χ2n) is 12.7. The largest absolute Gasteiger partial charge is 0.457 e. The number of benzene rings is 2. The number of alkyl carbamates (subject to hydrolysis) is 1. The first-order valence-corrected chi connectivity index (χ1v) is 16.4. The van der Waals surface area contributed by atoms with Crippen molar-refractivity contribution in [2.24, 2.45) is 0 Å². The summed E-state index contributed by atoms with van der Waals surface area (Å²) in [6.45, 7) is 11.5. The molecular weight excluding hydrogens is 568 g/mol. The van der Waals surface area contributed by atoms with Crippen LogP contribution in [-0.4, -0.2) is 53.6 Å².